The van der Waals surface area contributed by atoms with Crippen LogP contribution in [0, 0.1) is 17.6 Å². The number of rotatable bonds is 13. The number of Topliss-reactive ketones (excluding diaryl/α,β-unsaturated/α-hetero) is 1. The van der Waals surface area contributed by atoms with Crippen LogP contribution >= 0.6 is 0 Å². The van der Waals surface area contributed by atoms with Crippen molar-refractivity contribution >= 4 is 17.4 Å². The normalized spacial score (nSPS) is 12.3. The van der Waals surface area contributed by atoms with Crippen molar-refractivity contribution in [1.29, 1.82) is 0 Å². The number of hydrogen-bond acceptors (Lipinski definition) is 5. The lowest BCUT2D eigenvalue weighted by molar-refractivity contribution is -0.148. The van der Waals surface area contributed by atoms with Crippen molar-refractivity contribution in [2.75, 3.05) is 11.9 Å². The second-order valence-corrected chi connectivity index (χ2v) is 9.30. The second kappa shape index (κ2) is 14.0. The molecule has 4 rings (SSSR count). The predicted octanol–water partition coefficient (Wildman–Crippen LogP) is 7.54. The van der Waals surface area contributed by atoms with Gasteiger partial charge in [0.2, 0.25) is 0 Å². The lowest BCUT2D eigenvalue weighted by Gasteiger charge is -2.28. The average Bonchev–Trinajstić information content (AvgIpc) is 2.98. The van der Waals surface area contributed by atoms with Crippen LogP contribution < -0.4 is 10.1 Å². The highest BCUT2D eigenvalue weighted by Crippen LogP contribution is 2.33. The minimum atomic E-state index is -0.745. The molecule has 2 unspecified atom stereocenters. The summed E-state index contributed by atoms with van der Waals surface area (Å²) in [5, 5.41) is 3.34. The molecule has 0 fully saturated rings. The molecule has 2 atom stereocenters. The van der Waals surface area contributed by atoms with E-state index in [4.69, 9.17) is 9.47 Å². The van der Waals surface area contributed by atoms with Gasteiger partial charge >= 0.3 is 5.97 Å². The molecule has 7 heteroatoms. The highest BCUT2D eigenvalue weighted by molar-refractivity contribution is 5.96. The summed E-state index contributed by atoms with van der Waals surface area (Å²) in [6.07, 6.45) is 0.231. The van der Waals surface area contributed by atoms with E-state index in [-0.39, 0.29) is 31.0 Å². The van der Waals surface area contributed by atoms with Crippen LogP contribution in [0.4, 0.5) is 14.5 Å². The third-order valence-electron chi connectivity index (χ3n) is 6.49. The summed E-state index contributed by atoms with van der Waals surface area (Å²) in [7, 11) is 0. The molecular weight excluding hydrogens is 512 g/mol. The molecule has 0 bridgehead atoms. The van der Waals surface area contributed by atoms with Crippen LogP contribution in [0.25, 0.3) is 0 Å². The third-order valence-corrected chi connectivity index (χ3v) is 6.49. The van der Waals surface area contributed by atoms with E-state index in [2.05, 4.69) is 5.32 Å². The van der Waals surface area contributed by atoms with Gasteiger partial charge in [0.1, 0.15) is 24.0 Å². The maximum Gasteiger partial charge on any atom is 0.311 e. The Hall–Kier alpha value is -4.52. The van der Waals surface area contributed by atoms with Gasteiger partial charge < -0.3 is 14.8 Å². The van der Waals surface area contributed by atoms with Crippen LogP contribution in [-0.2, 0) is 16.1 Å². The Morgan fingerprint density at radius 3 is 2.05 bits per heavy atom. The first-order valence-electron chi connectivity index (χ1n) is 13.2. The van der Waals surface area contributed by atoms with Crippen molar-refractivity contribution in [2.24, 2.45) is 5.92 Å². The van der Waals surface area contributed by atoms with Gasteiger partial charge in [-0.15, -0.1) is 0 Å². The van der Waals surface area contributed by atoms with Crippen LogP contribution in [-0.4, -0.2) is 18.4 Å². The molecule has 0 radical (unpaired) electrons. The molecule has 206 valence electrons. The zero-order valence-electron chi connectivity index (χ0n) is 22.2. The number of anilines is 1. The molecule has 0 amide bonds. The monoisotopic (exact) mass is 543 g/mol. The molecule has 0 saturated carbocycles. The predicted molar refractivity (Wildman–Crippen MR) is 150 cm³/mol. The quantitative estimate of drug-likeness (QED) is 0.139. The van der Waals surface area contributed by atoms with Gasteiger partial charge in [0.05, 0.1) is 18.6 Å². The summed E-state index contributed by atoms with van der Waals surface area (Å²) >= 11 is 0. The molecule has 1 N–H and O–H groups in total. The number of ether oxygens (including phenoxy) is 2. The summed E-state index contributed by atoms with van der Waals surface area (Å²) in [5.41, 5.74) is 2.78. The fourth-order valence-electron chi connectivity index (χ4n) is 4.39. The zero-order valence-corrected chi connectivity index (χ0v) is 22.2. The van der Waals surface area contributed by atoms with E-state index >= 15 is 0 Å². The summed E-state index contributed by atoms with van der Waals surface area (Å²) < 4.78 is 38.2. The van der Waals surface area contributed by atoms with Gasteiger partial charge in [-0.3, -0.25) is 9.59 Å². The maximum atomic E-state index is 13.6. The number of benzene rings is 4. The summed E-state index contributed by atoms with van der Waals surface area (Å²) in [5.74, 6) is -1.56. The molecule has 4 aromatic rings. The van der Waals surface area contributed by atoms with Crippen LogP contribution in [0.2, 0.25) is 0 Å². The molecule has 40 heavy (non-hydrogen) atoms. The zero-order chi connectivity index (χ0) is 28.3. The number of hydrogen-bond donors (Lipinski definition) is 1. The largest absolute Gasteiger partial charge is 0.489 e. The molecule has 0 aliphatic rings. The highest BCUT2D eigenvalue weighted by Gasteiger charge is 2.32. The first-order valence-corrected chi connectivity index (χ1v) is 13.2. The van der Waals surface area contributed by atoms with E-state index in [1.165, 1.54) is 36.4 Å². The molecule has 0 aromatic heterocycles. The number of halogens is 2. The van der Waals surface area contributed by atoms with Crippen molar-refractivity contribution in [3.05, 3.63) is 131 Å². The summed E-state index contributed by atoms with van der Waals surface area (Å²) in [4.78, 5) is 26.1. The van der Waals surface area contributed by atoms with Crippen molar-refractivity contribution < 1.29 is 27.8 Å². The van der Waals surface area contributed by atoms with Gasteiger partial charge in [-0.25, -0.2) is 8.78 Å². The van der Waals surface area contributed by atoms with Crippen molar-refractivity contribution in [1.82, 2.24) is 0 Å². The molecule has 0 heterocycles. The minimum absolute atomic E-state index is 0.0506. The average molecular weight is 544 g/mol. The second-order valence-electron chi connectivity index (χ2n) is 9.30. The van der Waals surface area contributed by atoms with Crippen molar-refractivity contribution in [2.45, 2.75) is 32.4 Å². The number of esters is 1. The van der Waals surface area contributed by atoms with E-state index in [1.54, 1.807) is 19.1 Å². The van der Waals surface area contributed by atoms with E-state index in [9.17, 15) is 18.4 Å². The van der Waals surface area contributed by atoms with Gasteiger partial charge in [-0.05, 0) is 85.1 Å². The molecule has 4 aromatic carbocycles. The molecule has 5 nitrogen and oxygen atoms in total. The first-order chi connectivity index (χ1) is 19.4. The van der Waals surface area contributed by atoms with Gasteiger partial charge in [-0.2, -0.15) is 0 Å². The van der Waals surface area contributed by atoms with E-state index in [1.807, 2.05) is 54.6 Å². The summed E-state index contributed by atoms with van der Waals surface area (Å²) in [6.45, 7) is 2.31. The molecule has 0 aliphatic carbocycles. The number of carbonyl (C=O) groups excluding carboxylic acids is 2. The van der Waals surface area contributed by atoms with Crippen LogP contribution in [0.3, 0.4) is 0 Å². The van der Waals surface area contributed by atoms with E-state index in [0.717, 1.165) is 11.1 Å². The minimum Gasteiger partial charge on any atom is -0.489 e. The maximum absolute atomic E-state index is 13.6. The molecular formula is C33H31F2NO4. The Morgan fingerprint density at radius 2 is 1.43 bits per heavy atom. The third kappa shape index (κ3) is 7.99. The molecule has 0 aliphatic heterocycles. The molecule has 0 saturated heterocycles. The standard InChI is InChI=1S/C33H31F2NO4/c1-2-39-33(38)30(20-21-31(37)24-8-12-26(34)13-9-24)32(36-28-16-14-27(35)15-17-28)25-10-18-29(19-11-25)40-22-23-6-4-3-5-7-23/h3-19,30,32,36H,2,20-22H2,1H3. The fourth-order valence-corrected chi connectivity index (χ4v) is 4.39. The molecule has 0 spiro atoms. The Kier molecular flexibility index (Phi) is 9.99. The van der Waals surface area contributed by atoms with Gasteiger partial charge in [0.15, 0.2) is 5.78 Å². The van der Waals surface area contributed by atoms with E-state index in [0.29, 0.717) is 23.6 Å². The number of carbonyl (C=O) groups is 2. The lowest BCUT2D eigenvalue weighted by atomic mass is 9.87. The Morgan fingerprint density at radius 1 is 0.800 bits per heavy atom. The van der Waals surface area contributed by atoms with Crippen LogP contribution in [0.1, 0.15) is 47.3 Å². The lowest BCUT2D eigenvalue weighted by Crippen LogP contribution is -2.30. The first kappa shape index (κ1) is 28.5. The smallest absolute Gasteiger partial charge is 0.311 e. The highest BCUT2D eigenvalue weighted by atomic mass is 19.1. The number of ketones is 1. The summed E-state index contributed by atoms with van der Waals surface area (Å²) in [6, 6.07) is 27.7. The Labute approximate surface area is 232 Å². The van der Waals surface area contributed by atoms with E-state index < -0.39 is 23.7 Å². The van der Waals surface area contributed by atoms with Gasteiger partial charge in [0.25, 0.3) is 0 Å². The van der Waals surface area contributed by atoms with Gasteiger partial charge in [-0.1, -0.05) is 42.5 Å². The van der Waals surface area contributed by atoms with Crippen LogP contribution in [0.5, 0.6) is 5.75 Å². The van der Waals surface area contributed by atoms with Crippen molar-refractivity contribution in [3.63, 3.8) is 0 Å². The van der Waals surface area contributed by atoms with Crippen LogP contribution in [0.15, 0.2) is 103 Å². The Bertz CT molecular complexity index is 1380. The Balaban J connectivity index is 1.58. The fraction of sp³-hybridized carbons (Fsp3) is 0.212. The topological polar surface area (TPSA) is 64.6 Å². The SMILES string of the molecule is CCOC(=O)C(CCC(=O)c1ccc(F)cc1)C(Nc1ccc(F)cc1)c1ccc(OCc2ccccc2)cc1. The number of nitrogens with one attached hydrogen (secondary N) is 1. The van der Waals surface area contributed by atoms with Gasteiger partial charge in [0, 0.05) is 17.7 Å². The van der Waals surface area contributed by atoms with Crippen molar-refractivity contribution in [3.8, 4) is 5.75 Å².